The molecule has 1 fully saturated rings. The first kappa shape index (κ1) is 17.5. The highest BCUT2D eigenvalue weighted by Gasteiger charge is 2.34. The molecule has 5 heteroatoms. The molecular formula is C20H28N4O. The summed E-state index contributed by atoms with van der Waals surface area (Å²) in [5, 5.41) is 6.82. The standard InChI is InChI=1S/C20H28N4O/c1-3-20(11-8-12-20)15-23-19(21-4-2)22-13-17-14-25-18(24-17)16-9-6-5-7-10-16/h5-7,9-10,14H,3-4,8,11-13,15H2,1-2H3,(H2,21,22,23). The van der Waals surface area contributed by atoms with Gasteiger partial charge in [-0.2, -0.15) is 0 Å². The minimum Gasteiger partial charge on any atom is -0.444 e. The van der Waals surface area contributed by atoms with Crippen LogP contribution in [0.2, 0.25) is 0 Å². The van der Waals surface area contributed by atoms with Gasteiger partial charge in [-0.3, -0.25) is 0 Å². The maximum Gasteiger partial charge on any atom is 0.226 e. The van der Waals surface area contributed by atoms with E-state index in [0.29, 0.717) is 17.9 Å². The topological polar surface area (TPSA) is 62.5 Å². The molecule has 0 saturated heterocycles. The van der Waals surface area contributed by atoms with E-state index in [1.165, 1.54) is 25.7 Å². The van der Waals surface area contributed by atoms with Crippen molar-refractivity contribution in [1.82, 2.24) is 15.6 Å². The summed E-state index contributed by atoms with van der Waals surface area (Å²) < 4.78 is 5.58. The van der Waals surface area contributed by atoms with Gasteiger partial charge >= 0.3 is 0 Å². The Kier molecular flexibility index (Phi) is 5.74. The molecule has 1 saturated carbocycles. The Bertz CT molecular complexity index is 683. The zero-order chi connectivity index (χ0) is 17.5. The van der Waals surface area contributed by atoms with E-state index in [-0.39, 0.29) is 0 Å². The number of aliphatic imine (C=N–C) groups is 1. The molecule has 134 valence electrons. The smallest absolute Gasteiger partial charge is 0.226 e. The van der Waals surface area contributed by atoms with Crippen molar-refractivity contribution in [2.75, 3.05) is 13.1 Å². The highest BCUT2D eigenvalue weighted by Crippen LogP contribution is 2.42. The first-order chi connectivity index (χ1) is 12.2. The van der Waals surface area contributed by atoms with Gasteiger partial charge in [-0.25, -0.2) is 9.98 Å². The largest absolute Gasteiger partial charge is 0.444 e. The van der Waals surface area contributed by atoms with Gasteiger partial charge in [0, 0.05) is 18.7 Å². The first-order valence-corrected chi connectivity index (χ1v) is 9.27. The van der Waals surface area contributed by atoms with Crippen LogP contribution in [0.3, 0.4) is 0 Å². The SMILES string of the molecule is CCNC(=NCc1coc(-c2ccccc2)n1)NCC1(CC)CCC1. The molecule has 1 aromatic carbocycles. The van der Waals surface area contributed by atoms with Crippen molar-refractivity contribution < 1.29 is 4.42 Å². The Hall–Kier alpha value is -2.30. The molecule has 2 N–H and O–H groups in total. The van der Waals surface area contributed by atoms with Crippen LogP contribution in [0.25, 0.3) is 11.5 Å². The highest BCUT2D eigenvalue weighted by molar-refractivity contribution is 5.79. The molecule has 25 heavy (non-hydrogen) atoms. The Morgan fingerprint density at radius 3 is 2.64 bits per heavy atom. The van der Waals surface area contributed by atoms with Crippen LogP contribution in [-0.2, 0) is 6.54 Å². The van der Waals surface area contributed by atoms with Crippen molar-refractivity contribution in [3.63, 3.8) is 0 Å². The van der Waals surface area contributed by atoms with Crippen molar-refractivity contribution in [3.05, 3.63) is 42.3 Å². The number of rotatable bonds is 7. The van der Waals surface area contributed by atoms with Crippen molar-refractivity contribution in [1.29, 1.82) is 0 Å². The molecule has 1 heterocycles. The average molecular weight is 340 g/mol. The second kappa shape index (κ2) is 8.19. The molecular weight excluding hydrogens is 312 g/mol. The third kappa shape index (κ3) is 4.41. The fraction of sp³-hybridized carbons (Fsp3) is 0.500. The summed E-state index contributed by atoms with van der Waals surface area (Å²) in [4.78, 5) is 9.19. The molecule has 3 rings (SSSR count). The van der Waals surface area contributed by atoms with Crippen LogP contribution >= 0.6 is 0 Å². The number of hydrogen-bond donors (Lipinski definition) is 2. The van der Waals surface area contributed by atoms with Gasteiger partial charge in [0.15, 0.2) is 5.96 Å². The summed E-state index contributed by atoms with van der Waals surface area (Å²) >= 11 is 0. The Balaban J connectivity index is 1.60. The van der Waals surface area contributed by atoms with Crippen molar-refractivity contribution in [2.24, 2.45) is 10.4 Å². The van der Waals surface area contributed by atoms with Crippen LogP contribution in [0.5, 0.6) is 0 Å². The lowest BCUT2D eigenvalue weighted by molar-refractivity contribution is 0.131. The van der Waals surface area contributed by atoms with E-state index < -0.39 is 0 Å². The van der Waals surface area contributed by atoms with Gasteiger partial charge < -0.3 is 15.1 Å². The fourth-order valence-corrected chi connectivity index (χ4v) is 3.20. The molecule has 0 bridgehead atoms. The van der Waals surface area contributed by atoms with E-state index in [4.69, 9.17) is 4.42 Å². The van der Waals surface area contributed by atoms with Crippen LogP contribution in [-0.4, -0.2) is 24.0 Å². The average Bonchev–Trinajstić information content (AvgIpc) is 3.09. The molecule has 1 aromatic heterocycles. The third-order valence-corrected chi connectivity index (χ3v) is 5.11. The van der Waals surface area contributed by atoms with Gasteiger partial charge in [0.05, 0.1) is 6.54 Å². The summed E-state index contributed by atoms with van der Waals surface area (Å²) in [7, 11) is 0. The van der Waals surface area contributed by atoms with Gasteiger partial charge in [0.1, 0.15) is 12.0 Å². The molecule has 1 aliphatic carbocycles. The first-order valence-electron chi connectivity index (χ1n) is 9.27. The molecule has 0 radical (unpaired) electrons. The van der Waals surface area contributed by atoms with Crippen molar-refractivity contribution in [3.8, 4) is 11.5 Å². The molecule has 1 aliphatic rings. The number of oxazole rings is 1. The van der Waals surface area contributed by atoms with E-state index in [0.717, 1.165) is 30.3 Å². The summed E-state index contributed by atoms with van der Waals surface area (Å²) in [5.74, 6) is 1.50. The van der Waals surface area contributed by atoms with Crippen molar-refractivity contribution in [2.45, 2.75) is 46.1 Å². The maximum atomic E-state index is 5.58. The lowest BCUT2D eigenvalue weighted by Gasteiger charge is -2.41. The van der Waals surface area contributed by atoms with Crippen LogP contribution in [0.4, 0.5) is 0 Å². The van der Waals surface area contributed by atoms with Gasteiger partial charge in [-0.05, 0) is 43.7 Å². The number of hydrogen-bond acceptors (Lipinski definition) is 3. The monoisotopic (exact) mass is 340 g/mol. The third-order valence-electron chi connectivity index (χ3n) is 5.11. The number of nitrogens with zero attached hydrogens (tertiary/aromatic N) is 2. The number of benzene rings is 1. The summed E-state index contributed by atoms with van der Waals surface area (Å²) in [6.07, 6.45) is 6.90. The van der Waals surface area contributed by atoms with E-state index in [1.54, 1.807) is 6.26 Å². The quantitative estimate of drug-likeness (QED) is 0.591. The molecule has 0 unspecified atom stereocenters. The van der Waals surface area contributed by atoms with E-state index in [1.807, 2.05) is 30.3 Å². The van der Waals surface area contributed by atoms with Gasteiger partial charge in [0.25, 0.3) is 0 Å². The number of nitrogens with one attached hydrogen (secondary N) is 2. The summed E-state index contributed by atoms with van der Waals surface area (Å²) in [6.45, 7) is 6.71. The Morgan fingerprint density at radius 1 is 1.20 bits per heavy atom. The summed E-state index contributed by atoms with van der Waals surface area (Å²) in [5.41, 5.74) is 2.28. The molecule has 2 aromatic rings. The van der Waals surface area contributed by atoms with Gasteiger partial charge in [-0.15, -0.1) is 0 Å². The van der Waals surface area contributed by atoms with Gasteiger partial charge in [-0.1, -0.05) is 31.5 Å². The second-order valence-corrected chi connectivity index (χ2v) is 6.77. The molecule has 0 spiro atoms. The van der Waals surface area contributed by atoms with E-state index in [2.05, 4.69) is 34.5 Å². The highest BCUT2D eigenvalue weighted by atomic mass is 16.3. The zero-order valence-electron chi connectivity index (χ0n) is 15.2. The minimum absolute atomic E-state index is 0.463. The van der Waals surface area contributed by atoms with E-state index >= 15 is 0 Å². The number of aromatic nitrogens is 1. The maximum absolute atomic E-state index is 5.58. The van der Waals surface area contributed by atoms with Crippen molar-refractivity contribution >= 4 is 5.96 Å². The minimum atomic E-state index is 0.463. The van der Waals surface area contributed by atoms with Crippen LogP contribution in [0, 0.1) is 5.41 Å². The predicted octanol–water partition coefficient (Wildman–Crippen LogP) is 3.98. The second-order valence-electron chi connectivity index (χ2n) is 6.77. The normalized spacial score (nSPS) is 16.3. The summed E-state index contributed by atoms with van der Waals surface area (Å²) in [6, 6.07) is 9.93. The van der Waals surface area contributed by atoms with E-state index in [9.17, 15) is 0 Å². The molecule has 5 nitrogen and oxygen atoms in total. The molecule has 0 amide bonds. The number of guanidine groups is 1. The van der Waals surface area contributed by atoms with Crippen LogP contribution in [0.1, 0.15) is 45.2 Å². The predicted molar refractivity (Wildman–Crippen MR) is 101 cm³/mol. The zero-order valence-corrected chi connectivity index (χ0v) is 15.2. The lowest BCUT2D eigenvalue weighted by Crippen LogP contribution is -2.46. The Labute approximate surface area is 150 Å². The Morgan fingerprint density at radius 2 is 2.00 bits per heavy atom. The molecule has 0 aliphatic heterocycles. The lowest BCUT2D eigenvalue weighted by atomic mass is 9.67. The van der Waals surface area contributed by atoms with Crippen LogP contribution in [0.15, 0.2) is 46.0 Å². The molecule has 0 atom stereocenters. The van der Waals surface area contributed by atoms with Crippen LogP contribution < -0.4 is 10.6 Å². The van der Waals surface area contributed by atoms with Gasteiger partial charge in [0.2, 0.25) is 5.89 Å². The fourth-order valence-electron chi connectivity index (χ4n) is 3.20.